The highest BCUT2D eigenvalue weighted by Crippen LogP contribution is 2.44. The Bertz CT molecular complexity index is 587. The molecule has 1 aliphatic heterocycles. The molecule has 2 amide bonds. The zero-order chi connectivity index (χ0) is 17.3. The smallest absolute Gasteiger partial charge is 0.343 e. The summed E-state index contributed by atoms with van der Waals surface area (Å²) in [6.07, 6.45) is -1.62. The molecule has 0 spiro atoms. The first-order valence-electron chi connectivity index (χ1n) is 7.19. The molecule has 5 nitrogen and oxygen atoms in total. The monoisotopic (exact) mass is 329 g/mol. The molecule has 8 heteroatoms. The normalized spacial score (nSPS) is 20.4. The summed E-state index contributed by atoms with van der Waals surface area (Å²) in [7, 11) is 0. The number of amides is 2. The van der Waals surface area contributed by atoms with Crippen LogP contribution in [0, 0.1) is 5.92 Å². The molecule has 126 valence electrons. The van der Waals surface area contributed by atoms with Crippen molar-refractivity contribution in [3.05, 3.63) is 30.1 Å². The molecule has 2 rings (SSSR count). The van der Waals surface area contributed by atoms with E-state index in [9.17, 15) is 22.8 Å². The lowest BCUT2D eigenvalue weighted by atomic mass is 9.88. The van der Waals surface area contributed by atoms with Crippen LogP contribution in [0.2, 0.25) is 0 Å². The minimum atomic E-state index is -4.35. The maximum atomic E-state index is 13.0. The number of nitrogens with zero attached hydrogens (tertiary/aromatic N) is 2. The van der Waals surface area contributed by atoms with E-state index in [-0.39, 0.29) is 25.1 Å². The van der Waals surface area contributed by atoms with Gasteiger partial charge in [-0.15, -0.1) is 0 Å². The van der Waals surface area contributed by atoms with Crippen molar-refractivity contribution in [2.75, 3.05) is 13.1 Å². The Morgan fingerprint density at radius 2 is 2.13 bits per heavy atom. The fraction of sp³-hybridized carbons (Fsp3) is 0.533. The molecule has 0 aromatic carbocycles. The number of likely N-dealkylation sites (tertiary alicyclic amines) is 1. The highest BCUT2D eigenvalue weighted by atomic mass is 19.4. The number of hydrogen-bond acceptors (Lipinski definition) is 3. The standard InChI is InChI=1S/C15H18F3N3O2/c1-14(2)11(15(16,17)18)5-7-21(14)12(22)9-20-13(23)10-4-3-6-19-8-10/h3-4,6,8,11H,5,7,9H2,1-2H3,(H,20,23). The number of pyridine rings is 1. The first kappa shape index (κ1) is 17.2. The topological polar surface area (TPSA) is 62.3 Å². The molecule has 23 heavy (non-hydrogen) atoms. The van der Waals surface area contributed by atoms with E-state index in [2.05, 4.69) is 10.3 Å². The van der Waals surface area contributed by atoms with E-state index in [0.29, 0.717) is 0 Å². The van der Waals surface area contributed by atoms with E-state index < -0.39 is 29.4 Å². The van der Waals surface area contributed by atoms with Gasteiger partial charge in [0.25, 0.3) is 5.91 Å². The third-order valence-electron chi connectivity index (χ3n) is 4.21. The first-order valence-corrected chi connectivity index (χ1v) is 7.19. The van der Waals surface area contributed by atoms with E-state index >= 15 is 0 Å². The van der Waals surface area contributed by atoms with Gasteiger partial charge in [-0.25, -0.2) is 0 Å². The molecule has 1 aromatic heterocycles. The Labute approximate surface area is 131 Å². The fourth-order valence-corrected chi connectivity index (χ4v) is 2.95. The van der Waals surface area contributed by atoms with Gasteiger partial charge in [0.1, 0.15) is 0 Å². The second kappa shape index (κ2) is 6.17. The first-order chi connectivity index (χ1) is 10.6. The number of alkyl halides is 3. The molecule has 2 heterocycles. The summed E-state index contributed by atoms with van der Waals surface area (Å²) in [5.74, 6) is -2.58. The van der Waals surface area contributed by atoms with Crippen LogP contribution in [0.25, 0.3) is 0 Å². The number of carbonyl (C=O) groups excluding carboxylic acids is 2. The number of nitrogens with one attached hydrogen (secondary N) is 1. The van der Waals surface area contributed by atoms with Crippen LogP contribution >= 0.6 is 0 Å². The van der Waals surface area contributed by atoms with E-state index in [1.807, 2.05) is 0 Å². The number of carbonyl (C=O) groups is 2. The van der Waals surface area contributed by atoms with E-state index in [1.165, 1.54) is 37.2 Å². The van der Waals surface area contributed by atoms with Gasteiger partial charge < -0.3 is 10.2 Å². The Morgan fingerprint density at radius 1 is 1.43 bits per heavy atom. The third-order valence-corrected chi connectivity index (χ3v) is 4.21. The Hall–Kier alpha value is -2.12. The van der Waals surface area contributed by atoms with Gasteiger partial charge in [0.15, 0.2) is 0 Å². The van der Waals surface area contributed by atoms with Gasteiger partial charge >= 0.3 is 6.18 Å². The van der Waals surface area contributed by atoms with E-state index in [1.54, 1.807) is 6.07 Å². The highest BCUT2D eigenvalue weighted by molar-refractivity contribution is 5.96. The lowest BCUT2D eigenvalue weighted by Crippen LogP contribution is -2.52. The van der Waals surface area contributed by atoms with Crippen molar-refractivity contribution >= 4 is 11.8 Å². The Balaban J connectivity index is 1.98. The maximum Gasteiger partial charge on any atom is 0.394 e. The molecule has 0 bridgehead atoms. The molecule has 1 aromatic rings. The van der Waals surface area contributed by atoms with Gasteiger partial charge in [0.2, 0.25) is 5.91 Å². The van der Waals surface area contributed by atoms with Gasteiger partial charge in [-0.2, -0.15) is 13.2 Å². The molecule has 0 saturated carbocycles. The molecule has 1 saturated heterocycles. The van der Waals surface area contributed by atoms with Crippen LogP contribution in [0.15, 0.2) is 24.5 Å². The van der Waals surface area contributed by atoms with Crippen molar-refractivity contribution in [1.29, 1.82) is 0 Å². The van der Waals surface area contributed by atoms with Gasteiger partial charge in [-0.05, 0) is 32.4 Å². The average molecular weight is 329 g/mol. The summed E-state index contributed by atoms with van der Waals surface area (Å²) in [6.45, 7) is 2.48. The largest absolute Gasteiger partial charge is 0.394 e. The summed E-state index contributed by atoms with van der Waals surface area (Å²) in [6, 6.07) is 3.11. The van der Waals surface area contributed by atoms with Gasteiger partial charge in [0.05, 0.1) is 18.0 Å². The Morgan fingerprint density at radius 3 is 2.65 bits per heavy atom. The van der Waals surface area contributed by atoms with Crippen molar-refractivity contribution in [2.45, 2.75) is 32.0 Å². The van der Waals surface area contributed by atoms with Crippen molar-refractivity contribution in [3.63, 3.8) is 0 Å². The number of halogens is 3. The van der Waals surface area contributed by atoms with Crippen LogP contribution in [0.5, 0.6) is 0 Å². The molecule has 1 N–H and O–H groups in total. The van der Waals surface area contributed by atoms with Crippen LogP contribution in [-0.4, -0.2) is 46.5 Å². The zero-order valence-electron chi connectivity index (χ0n) is 12.9. The summed E-state index contributed by atoms with van der Waals surface area (Å²) in [5, 5.41) is 2.42. The summed E-state index contributed by atoms with van der Waals surface area (Å²) in [5.41, 5.74) is -1.04. The van der Waals surface area contributed by atoms with Crippen LogP contribution in [0.4, 0.5) is 13.2 Å². The summed E-state index contributed by atoms with van der Waals surface area (Å²) >= 11 is 0. The van der Waals surface area contributed by atoms with Gasteiger partial charge in [-0.3, -0.25) is 14.6 Å². The number of rotatable bonds is 3. The molecule has 1 unspecified atom stereocenters. The quantitative estimate of drug-likeness (QED) is 0.923. The second-order valence-corrected chi connectivity index (χ2v) is 6.01. The van der Waals surface area contributed by atoms with E-state index in [4.69, 9.17) is 0 Å². The minimum absolute atomic E-state index is 0.0266. The molecular formula is C15H18F3N3O2. The van der Waals surface area contributed by atoms with Gasteiger partial charge in [0, 0.05) is 24.5 Å². The van der Waals surface area contributed by atoms with Crippen LogP contribution < -0.4 is 5.32 Å². The molecule has 0 aliphatic carbocycles. The van der Waals surface area contributed by atoms with Crippen LogP contribution in [0.1, 0.15) is 30.6 Å². The van der Waals surface area contributed by atoms with Crippen molar-refractivity contribution < 1.29 is 22.8 Å². The SMILES string of the molecule is CC1(C)C(C(F)(F)F)CCN1C(=O)CNC(=O)c1cccnc1. The Kier molecular flexibility index (Phi) is 4.63. The molecule has 0 radical (unpaired) electrons. The van der Waals surface area contributed by atoms with Gasteiger partial charge in [-0.1, -0.05) is 0 Å². The molecule has 1 atom stereocenters. The minimum Gasteiger partial charge on any atom is -0.343 e. The summed E-state index contributed by atoms with van der Waals surface area (Å²) < 4.78 is 39.0. The lowest BCUT2D eigenvalue weighted by Gasteiger charge is -2.36. The number of aromatic nitrogens is 1. The van der Waals surface area contributed by atoms with E-state index in [0.717, 1.165) is 0 Å². The average Bonchev–Trinajstić information content (AvgIpc) is 2.80. The van der Waals surface area contributed by atoms with Crippen molar-refractivity contribution in [1.82, 2.24) is 15.2 Å². The third kappa shape index (κ3) is 3.62. The molecule has 1 aliphatic rings. The van der Waals surface area contributed by atoms with Crippen LogP contribution in [0.3, 0.4) is 0 Å². The lowest BCUT2D eigenvalue weighted by molar-refractivity contribution is -0.192. The van der Waals surface area contributed by atoms with Crippen molar-refractivity contribution in [3.8, 4) is 0 Å². The predicted molar refractivity (Wildman–Crippen MR) is 76.5 cm³/mol. The highest BCUT2D eigenvalue weighted by Gasteiger charge is 2.56. The predicted octanol–water partition coefficient (Wildman–Crippen LogP) is 2.00. The molecular weight excluding hydrogens is 311 g/mol. The van der Waals surface area contributed by atoms with Crippen LogP contribution in [-0.2, 0) is 4.79 Å². The molecule has 1 fully saturated rings. The maximum absolute atomic E-state index is 13.0. The summed E-state index contributed by atoms with van der Waals surface area (Å²) in [4.78, 5) is 29.0. The number of hydrogen-bond donors (Lipinski definition) is 1. The van der Waals surface area contributed by atoms with Crippen molar-refractivity contribution in [2.24, 2.45) is 5.92 Å². The zero-order valence-corrected chi connectivity index (χ0v) is 12.9. The fourth-order valence-electron chi connectivity index (χ4n) is 2.95. The second-order valence-electron chi connectivity index (χ2n) is 6.01.